The normalized spacial score (nSPS) is 17.6. The minimum atomic E-state index is -0.346. The van der Waals surface area contributed by atoms with Gasteiger partial charge < -0.3 is 0 Å². The molecule has 0 fully saturated rings. The first-order valence-corrected chi connectivity index (χ1v) is 7.25. The molecule has 0 bridgehead atoms. The summed E-state index contributed by atoms with van der Waals surface area (Å²) in [6.07, 6.45) is 3.36. The summed E-state index contributed by atoms with van der Waals surface area (Å²) < 4.78 is 0. The predicted molar refractivity (Wildman–Crippen MR) is 81.4 cm³/mol. The van der Waals surface area contributed by atoms with E-state index in [1.54, 1.807) is 0 Å². The number of aryl methyl sites for hydroxylation is 1. The third-order valence-electron chi connectivity index (χ3n) is 4.38. The van der Waals surface area contributed by atoms with Crippen molar-refractivity contribution in [2.45, 2.75) is 53.9 Å². The number of unbranched alkanes of at least 4 members (excludes halogenated alkanes) is 1. The largest absolute Gasteiger partial charge is 0.293 e. The molecule has 1 aromatic carbocycles. The van der Waals surface area contributed by atoms with E-state index in [0.717, 1.165) is 24.0 Å². The summed E-state index contributed by atoms with van der Waals surface area (Å²) in [6.45, 7) is 10.6. The van der Waals surface area contributed by atoms with Crippen LogP contribution >= 0.6 is 0 Å². The van der Waals surface area contributed by atoms with Gasteiger partial charge in [-0.15, -0.1) is 0 Å². The average molecular weight is 256 g/mol. The van der Waals surface area contributed by atoms with E-state index in [1.807, 2.05) is 12.1 Å². The Balaban J connectivity index is 2.62. The van der Waals surface area contributed by atoms with Crippen LogP contribution in [0.4, 0.5) is 0 Å². The van der Waals surface area contributed by atoms with Crippen molar-refractivity contribution in [3.05, 3.63) is 40.5 Å². The maximum absolute atomic E-state index is 12.7. The van der Waals surface area contributed by atoms with Crippen molar-refractivity contribution in [2.75, 3.05) is 0 Å². The highest BCUT2D eigenvalue weighted by atomic mass is 16.1. The van der Waals surface area contributed by atoms with Gasteiger partial charge in [-0.3, -0.25) is 4.79 Å². The lowest BCUT2D eigenvalue weighted by molar-refractivity contribution is 0.0868. The molecular formula is C18H24O. The van der Waals surface area contributed by atoms with Gasteiger partial charge in [0.1, 0.15) is 0 Å². The molecule has 0 amide bonds. The second-order valence-electron chi connectivity index (χ2n) is 6.21. The van der Waals surface area contributed by atoms with Crippen LogP contribution in [0.2, 0.25) is 0 Å². The number of hydrogen-bond donors (Lipinski definition) is 0. The zero-order valence-electron chi connectivity index (χ0n) is 12.8. The molecule has 1 aromatic rings. The number of ketones is 1. The minimum Gasteiger partial charge on any atom is -0.293 e. The summed E-state index contributed by atoms with van der Waals surface area (Å²) in [5.41, 5.74) is 5.57. The molecule has 0 unspecified atom stereocenters. The maximum Gasteiger partial charge on any atom is 0.173 e. The van der Waals surface area contributed by atoms with E-state index in [0.29, 0.717) is 0 Å². The van der Waals surface area contributed by atoms with Crippen LogP contribution in [0.3, 0.4) is 0 Å². The molecule has 0 spiro atoms. The molecule has 102 valence electrons. The van der Waals surface area contributed by atoms with Crippen LogP contribution in [0.5, 0.6) is 0 Å². The van der Waals surface area contributed by atoms with Crippen LogP contribution in [0, 0.1) is 12.3 Å². The van der Waals surface area contributed by atoms with Gasteiger partial charge in [0.2, 0.25) is 0 Å². The molecule has 0 saturated heterocycles. The molecule has 1 heteroatoms. The summed E-state index contributed by atoms with van der Waals surface area (Å²) in [4.78, 5) is 12.7. The second kappa shape index (κ2) is 4.96. The van der Waals surface area contributed by atoms with Crippen molar-refractivity contribution in [1.29, 1.82) is 0 Å². The Kier molecular flexibility index (Phi) is 3.66. The summed E-state index contributed by atoms with van der Waals surface area (Å²) >= 11 is 0. The first-order chi connectivity index (χ1) is 8.89. The Hall–Kier alpha value is -1.37. The van der Waals surface area contributed by atoms with Crippen molar-refractivity contribution < 1.29 is 4.79 Å². The monoisotopic (exact) mass is 256 g/mol. The van der Waals surface area contributed by atoms with Gasteiger partial charge in [0.15, 0.2) is 5.78 Å². The lowest BCUT2D eigenvalue weighted by Gasteiger charge is -2.34. The van der Waals surface area contributed by atoms with Gasteiger partial charge in [-0.1, -0.05) is 42.7 Å². The number of hydrogen-bond acceptors (Lipinski definition) is 1. The molecule has 2 rings (SSSR count). The third-order valence-corrected chi connectivity index (χ3v) is 4.38. The number of Topliss-reactive ketones (excluding diaryl/α,β-unsaturated/α-hetero) is 1. The highest BCUT2D eigenvalue weighted by molar-refractivity contribution is 6.09. The van der Waals surface area contributed by atoms with E-state index in [-0.39, 0.29) is 11.2 Å². The number of benzene rings is 1. The molecule has 0 heterocycles. The molecule has 0 saturated carbocycles. The van der Waals surface area contributed by atoms with Gasteiger partial charge in [0, 0.05) is 11.0 Å². The first kappa shape index (κ1) is 14.0. The van der Waals surface area contributed by atoms with Gasteiger partial charge in [-0.2, -0.15) is 0 Å². The van der Waals surface area contributed by atoms with Crippen molar-refractivity contribution in [1.82, 2.24) is 0 Å². The van der Waals surface area contributed by atoms with Crippen LogP contribution in [0.15, 0.2) is 23.8 Å². The number of fused-ring (bicyclic) bond motifs is 1. The molecule has 0 atom stereocenters. The van der Waals surface area contributed by atoms with E-state index < -0.39 is 0 Å². The van der Waals surface area contributed by atoms with Crippen LogP contribution in [0.25, 0.3) is 5.57 Å². The molecule has 19 heavy (non-hydrogen) atoms. The lowest BCUT2D eigenvalue weighted by Crippen LogP contribution is -2.31. The fourth-order valence-electron chi connectivity index (χ4n) is 3.12. The highest BCUT2D eigenvalue weighted by Gasteiger charge is 2.38. The van der Waals surface area contributed by atoms with Crippen LogP contribution in [0.1, 0.15) is 68.4 Å². The average Bonchev–Trinajstić information content (AvgIpc) is 2.36. The second-order valence-corrected chi connectivity index (χ2v) is 6.21. The molecular weight excluding hydrogens is 232 g/mol. The van der Waals surface area contributed by atoms with Gasteiger partial charge in [0.25, 0.3) is 0 Å². The van der Waals surface area contributed by atoms with Crippen molar-refractivity contribution >= 4 is 11.4 Å². The topological polar surface area (TPSA) is 17.1 Å². The molecule has 0 aliphatic heterocycles. The zero-order chi connectivity index (χ0) is 14.2. The quantitative estimate of drug-likeness (QED) is 0.728. The van der Waals surface area contributed by atoms with Crippen LogP contribution < -0.4 is 0 Å². The molecule has 1 aliphatic carbocycles. The van der Waals surface area contributed by atoms with Crippen LogP contribution in [-0.4, -0.2) is 5.78 Å². The number of rotatable bonds is 3. The molecule has 0 N–H and O–H groups in total. The fourth-order valence-corrected chi connectivity index (χ4v) is 3.12. The summed E-state index contributed by atoms with van der Waals surface area (Å²) in [5.74, 6) is 0.277. The van der Waals surface area contributed by atoms with E-state index in [2.05, 4.69) is 40.7 Å². The molecule has 0 radical (unpaired) electrons. The van der Waals surface area contributed by atoms with E-state index >= 15 is 0 Å². The van der Waals surface area contributed by atoms with Gasteiger partial charge in [-0.05, 0) is 51.7 Å². The lowest BCUT2D eigenvalue weighted by atomic mass is 9.68. The Morgan fingerprint density at radius 2 is 1.79 bits per heavy atom. The maximum atomic E-state index is 12.7. The Labute approximate surface area is 116 Å². The standard InChI is InChI=1S/C18H24O/c1-6-7-8-16-13(3)15-11-12(2)9-10-14(15)17(19)18(16,4)5/h9-11H,6-8H2,1-5H3. The van der Waals surface area contributed by atoms with Crippen molar-refractivity contribution in [3.8, 4) is 0 Å². The fraction of sp³-hybridized carbons (Fsp3) is 0.500. The van der Waals surface area contributed by atoms with Gasteiger partial charge in [0.05, 0.1) is 0 Å². The van der Waals surface area contributed by atoms with E-state index in [4.69, 9.17) is 0 Å². The Morgan fingerprint density at radius 3 is 2.42 bits per heavy atom. The third kappa shape index (κ3) is 2.27. The number of allylic oxidation sites excluding steroid dienone is 2. The first-order valence-electron chi connectivity index (χ1n) is 7.25. The van der Waals surface area contributed by atoms with Gasteiger partial charge in [-0.25, -0.2) is 0 Å². The SMILES string of the molecule is CCCCC1=C(C)c2cc(C)ccc2C(=O)C1(C)C. The molecule has 1 aliphatic rings. The molecule has 0 aromatic heterocycles. The van der Waals surface area contributed by atoms with Crippen molar-refractivity contribution in [3.63, 3.8) is 0 Å². The minimum absolute atomic E-state index is 0.277. The summed E-state index contributed by atoms with van der Waals surface area (Å²) in [6, 6.07) is 6.19. The number of carbonyl (C=O) groups excluding carboxylic acids is 1. The van der Waals surface area contributed by atoms with Gasteiger partial charge >= 0.3 is 0 Å². The van der Waals surface area contributed by atoms with E-state index in [1.165, 1.54) is 23.1 Å². The summed E-state index contributed by atoms with van der Waals surface area (Å²) in [5, 5.41) is 0. The zero-order valence-corrected chi connectivity index (χ0v) is 12.8. The Bertz CT molecular complexity index is 547. The molecule has 1 nitrogen and oxygen atoms in total. The predicted octanol–water partition coefficient (Wildman–Crippen LogP) is 5.18. The number of carbonyl (C=O) groups is 1. The Morgan fingerprint density at radius 1 is 1.11 bits per heavy atom. The van der Waals surface area contributed by atoms with Crippen LogP contribution in [-0.2, 0) is 0 Å². The highest BCUT2D eigenvalue weighted by Crippen LogP contribution is 2.44. The van der Waals surface area contributed by atoms with E-state index in [9.17, 15) is 4.79 Å². The van der Waals surface area contributed by atoms with Crippen molar-refractivity contribution in [2.24, 2.45) is 5.41 Å². The summed E-state index contributed by atoms with van der Waals surface area (Å²) in [7, 11) is 0. The smallest absolute Gasteiger partial charge is 0.173 e.